The van der Waals surface area contributed by atoms with E-state index in [1.54, 1.807) is 12.1 Å². The molecule has 0 saturated heterocycles. The first-order valence-corrected chi connectivity index (χ1v) is 10.6. The summed E-state index contributed by atoms with van der Waals surface area (Å²) in [6.45, 7) is 0. The smallest absolute Gasteiger partial charge is 0.101 e. The molecule has 1 aromatic carbocycles. The van der Waals surface area contributed by atoms with Crippen LogP contribution >= 0.6 is 0 Å². The Morgan fingerprint density at radius 3 is 1.71 bits per heavy atom. The van der Waals surface area contributed by atoms with Crippen molar-refractivity contribution in [2.45, 2.75) is 0 Å². The van der Waals surface area contributed by atoms with Crippen LogP contribution in [0.15, 0.2) is 128 Å². The zero-order valence-corrected chi connectivity index (χ0v) is 21.4. The molecule has 0 atom stereocenters. The van der Waals surface area contributed by atoms with Gasteiger partial charge in [0.25, 0.3) is 0 Å². The van der Waals surface area contributed by atoms with Crippen LogP contribution in [0.2, 0.25) is 0 Å². The molecule has 7 heteroatoms. The van der Waals surface area contributed by atoms with Crippen LogP contribution in [0.4, 0.5) is 0 Å². The summed E-state index contributed by atoms with van der Waals surface area (Å²) < 4.78 is 0. The van der Waals surface area contributed by atoms with Crippen molar-refractivity contribution in [2.24, 2.45) is 20.0 Å². The maximum absolute atomic E-state index is 9.78. The fraction of sp³-hybridized carbons (Fsp3) is 0. The molecule has 5 aliphatic rings. The van der Waals surface area contributed by atoms with Crippen LogP contribution in [-0.4, -0.2) is 22.8 Å². The van der Waals surface area contributed by atoms with Crippen molar-refractivity contribution in [1.29, 1.82) is 10.5 Å². The molecular formula is C28H14N6Zn. The number of nitriles is 2. The first-order valence-electron chi connectivity index (χ1n) is 10.6. The molecule has 0 fully saturated rings. The van der Waals surface area contributed by atoms with Crippen LogP contribution in [0.1, 0.15) is 16.7 Å². The van der Waals surface area contributed by atoms with E-state index >= 15 is 0 Å². The van der Waals surface area contributed by atoms with Gasteiger partial charge in [0.1, 0.15) is 12.1 Å². The second-order valence-corrected chi connectivity index (χ2v) is 7.89. The fourth-order valence-electron chi connectivity index (χ4n) is 4.10. The van der Waals surface area contributed by atoms with Crippen molar-refractivity contribution in [3.8, 4) is 12.1 Å². The predicted octanol–water partition coefficient (Wildman–Crippen LogP) is 4.85. The maximum Gasteiger partial charge on any atom is 0.101 e. The molecule has 0 aromatic heterocycles. The molecule has 6 nitrogen and oxygen atoms in total. The summed E-state index contributed by atoms with van der Waals surface area (Å²) in [5.41, 5.74) is 8.23. The van der Waals surface area contributed by atoms with Crippen molar-refractivity contribution in [3.63, 3.8) is 0 Å². The van der Waals surface area contributed by atoms with E-state index in [1.807, 2.05) is 72.9 Å². The number of hydrogen-bond donors (Lipinski definition) is 0. The summed E-state index contributed by atoms with van der Waals surface area (Å²) in [7, 11) is 0. The van der Waals surface area contributed by atoms with E-state index in [-0.39, 0.29) is 19.5 Å². The molecule has 0 aliphatic carbocycles. The quantitative estimate of drug-likeness (QED) is 0.516. The number of benzene rings is 1. The van der Waals surface area contributed by atoms with Gasteiger partial charge < -0.3 is 0 Å². The molecule has 6 rings (SSSR count). The van der Waals surface area contributed by atoms with Gasteiger partial charge in [0.2, 0.25) is 0 Å². The minimum absolute atomic E-state index is 0. The SMILES string of the molecule is N#Cc1cccc(C2=CC3=CC4=NC(=CC5=NC(=CC6=NC(=CC2=N3)C=C6)C=C5)C=C4)c1C#N.[Zn]. The van der Waals surface area contributed by atoms with Crippen molar-refractivity contribution >= 4 is 28.4 Å². The Bertz CT molecular complexity index is 1650. The third-order valence-corrected chi connectivity index (χ3v) is 5.63. The molecule has 5 heterocycles. The van der Waals surface area contributed by atoms with Gasteiger partial charge in [-0.25, -0.2) is 20.0 Å². The molecule has 0 radical (unpaired) electrons. The number of hydrogen-bond acceptors (Lipinski definition) is 6. The van der Waals surface area contributed by atoms with Crippen molar-refractivity contribution < 1.29 is 19.5 Å². The van der Waals surface area contributed by atoms with Crippen LogP contribution < -0.4 is 0 Å². The predicted molar refractivity (Wildman–Crippen MR) is 133 cm³/mol. The van der Waals surface area contributed by atoms with Gasteiger partial charge in [-0.15, -0.1) is 0 Å². The van der Waals surface area contributed by atoms with E-state index in [9.17, 15) is 10.5 Å². The summed E-state index contributed by atoms with van der Waals surface area (Å²) in [6, 6.07) is 9.55. The van der Waals surface area contributed by atoms with Crippen LogP contribution in [0.5, 0.6) is 0 Å². The molecule has 0 saturated carbocycles. The number of rotatable bonds is 1. The fourth-order valence-corrected chi connectivity index (χ4v) is 4.10. The second-order valence-electron chi connectivity index (χ2n) is 7.89. The molecule has 158 valence electrons. The van der Waals surface area contributed by atoms with E-state index in [2.05, 4.69) is 27.1 Å². The second kappa shape index (κ2) is 8.99. The Morgan fingerprint density at radius 2 is 1.14 bits per heavy atom. The van der Waals surface area contributed by atoms with Gasteiger partial charge in [-0.2, -0.15) is 10.5 Å². The molecule has 5 aliphatic heterocycles. The molecule has 8 bridgehead atoms. The monoisotopic (exact) mass is 498 g/mol. The summed E-state index contributed by atoms with van der Waals surface area (Å²) in [6.07, 6.45) is 21.2. The zero-order chi connectivity index (χ0) is 23.1. The van der Waals surface area contributed by atoms with Gasteiger partial charge in [0.05, 0.1) is 56.8 Å². The molecule has 35 heavy (non-hydrogen) atoms. The summed E-state index contributed by atoms with van der Waals surface area (Å²) in [4.78, 5) is 18.8. The third kappa shape index (κ3) is 4.22. The summed E-state index contributed by atoms with van der Waals surface area (Å²) >= 11 is 0. The van der Waals surface area contributed by atoms with E-state index < -0.39 is 0 Å². The number of nitrogens with zero attached hydrogens (tertiary/aromatic N) is 6. The number of fused-ring (bicyclic) bond motifs is 4. The van der Waals surface area contributed by atoms with Crippen molar-refractivity contribution in [3.05, 3.63) is 125 Å². The Balaban J connectivity index is 0.00000253. The minimum Gasteiger partial charge on any atom is -0.249 e. The molecular weight excluding hydrogens is 486 g/mol. The zero-order valence-electron chi connectivity index (χ0n) is 18.5. The first kappa shape index (κ1) is 22.2. The minimum atomic E-state index is 0. The van der Waals surface area contributed by atoms with Crippen LogP contribution in [0, 0.1) is 22.7 Å². The number of allylic oxidation sites excluding steroid dienone is 12. The standard InChI is InChI=1S/C28H14N6.Zn/c29-15-17-2-1-3-25(27(17)16-30)26-13-24-12-22-7-6-20(32-22)10-18-4-5-19(31-18)11-21-8-9-23(33-21)14-28(26)34-24;/h1-14H;. The first-order chi connectivity index (χ1) is 16.7. The van der Waals surface area contributed by atoms with Crippen molar-refractivity contribution in [1.82, 2.24) is 0 Å². The van der Waals surface area contributed by atoms with Gasteiger partial charge in [0.15, 0.2) is 0 Å². The van der Waals surface area contributed by atoms with Crippen LogP contribution in [0.3, 0.4) is 0 Å². The molecule has 1 aromatic rings. The van der Waals surface area contributed by atoms with Gasteiger partial charge >= 0.3 is 0 Å². The average molecular weight is 500 g/mol. The van der Waals surface area contributed by atoms with E-state index in [1.165, 1.54) is 0 Å². The van der Waals surface area contributed by atoms with E-state index in [0.717, 1.165) is 39.8 Å². The molecule has 0 spiro atoms. The Hall–Kier alpha value is -4.58. The van der Waals surface area contributed by atoms with Gasteiger partial charge in [-0.1, -0.05) is 12.1 Å². The molecule has 0 amide bonds. The summed E-state index contributed by atoms with van der Waals surface area (Å²) in [5, 5.41) is 19.3. The third-order valence-electron chi connectivity index (χ3n) is 5.63. The molecule has 0 N–H and O–H groups in total. The molecule has 0 unspecified atom stereocenters. The Labute approximate surface area is 214 Å². The average Bonchev–Trinajstić information content (AvgIpc) is 3.63. The van der Waals surface area contributed by atoms with Crippen LogP contribution in [-0.2, 0) is 19.5 Å². The van der Waals surface area contributed by atoms with Gasteiger partial charge in [-0.05, 0) is 72.9 Å². The Morgan fingerprint density at radius 1 is 0.571 bits per heavy atom. The summed E-state index contributed by atoms with van der Waals surface area (Å²) in [5.74, 6) is 0. The van der Waals surface area contributed by atoms with Crippen LogP contribution in [0.25, 0.3) is 5.57 Å². The normalized spacial score (nSPS) is 18.6. The van der Waals surface area contributed by atoms with E-state index in [4.69, 9.17) is 4.99 Å². The van der Waals surface area contributed by atoms with Gasteiger partial charge in [-0.3, -0.25) is 0 Å². The van der Waals surface area contributed by atoms with E-state index in [0.29, 0.717) is 28.1 Å². The topological polar surface area (TPSA) is 97.0 Å². The maximum atomic E-state index is 9.78. The van der Waals surface area contributed by atoms with Gasteiger partial charge in [0, 0.05) is 30.6 Å². The largest absolute Gasteiger partial charge is 0.249 e. The van der Waals surface area contributed by atoms with Crippen molar-refractivity contribution in [2.75, 3.05) is 0 Å². The Kier molecular flexibility index (Phi) is 5.71. The number of aliphatic imine (C=N–C) groups is 4.